The molecule has 0 bridgehead atoms. The highest BCUT2D eigenvalue weighted by Gasteiger charge is 2.09. The molecular weight excluding hydrogens is 232 g/mol. The molecule has 0 saturated carbocycles. The third kappa shape index (κ3) is 3.92. The molecule has 0 saturated heterocycles. The maximum Gasteiger partial charge on any atom is 0.335 e. The molecule has 1 aromatic carbocycles. The number of aromatic carboxylic acids is 1. The number of unbranched alkanes of at least 4 members (excludes halogenated alkanes) is 2. The predicted octanol–water partition coefficient (Wildman–Crippen LogP) is 1.57. The SMILES string of the molecule is CN(CCCCCO)c1ccc(C(=O)O)cc1N. The summed E-state index contributed by atoms with van der Waals surface area (Å²) < 4.78 is 0. The number of carboxylic acids is 1. The van der Waals surface area contributed by atoms with E-state index < -0.39 is 5.97 Å². The molecule has 0 aliphatic heterocycles. The van der Waals surface area contributed by atoms with Crippen LogP contribution in [0.5, 0.6) is 0 Å². The molecule has 5 heteroatoms. The third-order valence-corrected chi connectivity index (χ3v) is 2.84. The lowest BCUT2D eigenvalue weighted by Gasteiger charge is -2.21. The van der Waals surface area contributed by atoms with Crippen molar-refractivity contribution in [2.24, 2.45) is 0 Å². The Morgan fingerprint density at radius 3 is 2.61 bits per heavy atom. The lowest BCUT2D eigenvalue weighted by Crippen LogP contribution is -2.20. The Hall–Kier alpha value is -1.75. The first-order valence-electron chi connectivity index (χ1n) is 6.01. The molecular formula is C13H20N2O3. The molecule has 1 rings (SSSR count). The number of hydrogen-bond acceptors (Lipinski definition) is 4. The van der Waals surface area contributed by atoms with Crippen molar-refractivity contribution in [3.8, 4) is 0 Å². The van der Waals surface area contributed by atoms with Gasteiger partial charge in [-0.05, 0) is 37.5 Å². The molecule has 0 aromatic heterocycles. The van der Waals surface area contributed by atoms with Crippen LogP contribution in [0.3, 0.4) is 0 Å². The Bertz CT molecular complexity index is 407. The monoisotopic (exact) mass is 252 g/mol. The zero-order chi connectivity index (χ0) is 13.5. The van der Waals surface area contributed by atoms with E-state index >= 15 is 0 Å². The van der Waals surface area contributed by atoms with Gasteiger partial charge in [-0.15, -0.1) is 0 Å². The Kier molecular flexibility index (Phi) is 5.45. The van der Waals surface area contributed by atoms with Gasteiger partial charge in [0.1, 0.15) is 0 Å². The zero-order valence-corrected chi connectivity index (χ0v) is 10.6. The summed E-state index contributed by atoms with van der Waals surface area (Å²) in [5.74, 6) is -0.973. The number of carboxylic acid groups (broad SMARTS) is 1. The average molecular weight is 252 g/mol. The minimum atomic E-state index is -0.973. The first-order chi connectivity index (χ1) is 8.56. The smallest absolute Gasteiger partial charge is 0.335 e. The maximum atomic E-state index is 10.8. The standard InChI is InChI=1S/C13H20N2O3/c1-15(7-3-2-4-8-16)12-6-5-10(13(17)18)9-11(12)14/h5-6,9,16H,2-4,7-8,14H2,1H3,(H,17,18). The summed E-state index contributed by atoms with van der Waals surface area (Å²) in [5.41, 5.74) is 7.35. The number of nitrogens with two attached hydrogens (primary N) is 1. The van der Waals surface area contributed by atoms with Gasteiger partial charge in [-0.1, -0.05) is 0 Å². The van der Waals surface area contributed by atoms with Crippen molar-refractivity contribution in [1.29, 1.82) is 0 Å². The highest BCUT2D eigenvalue weighted by atomic mass is 16.4. The van der Waals surface area contributed by atoms with Gasteiger partial charge in [0.2, 0.25) is 0 Å². The minimum absolute atomic E-state index is 0.199. The zero-order valence-electron chi connectivity index (χ0n) is 10.6. The highest BCUT2D eigenvalue weighted by molar-refractivity contribution is 5.90. The summed E-state index contributed by atoms with van der Waals surface area (Å²) in [6.45, 7) is 1.05. The Balaban J connectivity index is 2.62. The number of aliphatic hydroxyl groups excluding tert-OH is 1. The van der Waals surface area contributed by atoms with Crippen molar-refractivity contribution in [2.45, 2.75) is 19.3 Å². The molecule has 0 aliphatic rings. The molecule has 0 aliphatic carbocycles. The number of carbonyl (C=O) groups is 1. The molecule has 4 N–H and O–H groups in total. The molecule has 0 spiro atoms. The van der Waals surface area contributed by atoms with E-state index in [4.69, 9.17) is 15.9 Å². The van der Waals surface area contributed by atoms with E-state index in [1.807, 2.05) is 11.9 Å². The normalized spacial score (nSPS) is 10.3. The topological polar surface area (TPSA) is 86.8 Å². The lowest BCUT2D eigenvalue weighted by atomic mass is 10.1. The van der Waals surface area contributed by atoms with Crippen LogP contribution in [0.1, 0.15) is 29.6 Å². The number of nitrogens with zero attached hydrogens (tertiary/aromatic N) is 1. The second-order valence-corrected chi connectivity index (χ2v) is 4.28. The predicted molar refractivity (Wildman–Crippen MR) is 72.0 cm³/mol. The van der Waals surface area contributed by atoms with Gasteiger partial charge in [-0.3, -0.25) is 0 Å². The summed E-state index contributed by atoms with van der Waals surface area (Å²) in [7, 11) is 1.92. The van der Waals surface area contributed by atoms with Crippen molar-refractivity contribution >= 4 is 17.3 Å². The molecule has 0 heterocycles. The van der Waals surface area contributed by atoms with Crippen LogP contribution >= 0.6 is 0 Å². The van der Waals surface area contributed by atoms with Gasteiger partial charge in [-0.2, -0.15) is 0 Å². The summed E-state index contributed by atoms with van der Waals surface area (Å²) in [6.07, 6.45) is 2.74. The van der Waals surface area contributed by atoms with Crippen molar-refractivity contribution in [3.05, 3.63) is 23.8 Å². The van der Waals surface area contributed by atoms with Crippen LogP contribution in [-0.2, 0) is 0 Å². The van der Waals surface area contributed by atoms with E-state index in [1.165, 1.54) is 6.07 Å². The van der Waals surface area contributed by atoms with Crippen molar-refractivity contribution in [3.63, 3.8) is 0 Å². The second-order valence-electron chi connectivity index (χ2n) is 4.28. The van der Waals surface area contributed by atoms with E-state index in [0.717, 1.165) is 31.5 Å². The van der Waals surface area contributed by atoms with Crippen molar-refractivity contribution in [1.82, 2.24) is 0 Å². The van der Waals surface area contributed by atoms with Crippen molar-refractivity contribution in [2.75, 3.05) is 30.8 Å². The van der Waals surface area contributed by atoms with E-state index in [1.54, 1.807) is 12.1 Å². The summed E-state index contributed by atoms with van der Waals surface area (Å²) in [6, 6.07) is 4.75. The number of benzene rings is 1. The van der Waals surface area contributed by atoms with Gasteiger partial charge in [0, 0.05) is 20.2 Å². The minimum Gasteiger partial charge on any atom is -0.478 e. The first kappa shape index (κ1) is 14.3. The van der Waals surface area contributed by atoms with Crippen LogP contribution in [0.4, 0.5) is 11.4 Å². The van der Waals surface area contributed by atoms with E-state index in [2.05, 4.69) is 0 Å². The highest BCUT2D eigenvalue weighted by Crippen LogP contribution is 2.23. The molecule has 0 atom stereocenters. The molecule has 0 fully saturated rings. The number of rotatable bonds is 7. The van der Waals surface area contributed by atoms with Gasteiger partial charge in [0.05, 0.1) is 16.9 Å². The molecule has 5 nitrogen and oxygen atoms in total. The summed E-state index contributed by atoms with van der Waals surface area (Å²) in [4.78, 5) is 12.8. The van der Waals surface area contributed by atoms with Gasteiger partial charge < -0.3 is 20.8 Å². The Morgan fingerprint density at radius 2 is 2.06 bits per heavy atom. The molecule has 1 aromatic rings. The molecule has 100 valence electrons. The first-order valence-corrected chi connectivity index (χ1v) is 6.01. The number of hydrogen-bond donors (Lipinski definition) is 3. The second kappa shape index (κ2) is 6.86. The van der Waals surface area contributed by atoms with Gasteiger partial charge in [0.15, 0.2) is 0 Å². The van der Waals surface area contributed by atoms with E-state index in [9.17, 15) is 4.79 Å². The number of anilines is 2. The Labute approximate surface area is 107 Å². The van der Waals surface area contributed by atoms with Crippen LogP contribution in [0.25, 0.3) is 0 Å². The fourth-order valence-electron chi connectivity index (χ4n) is 1.79. The molecule has 0 unspecified atom stereocenters. The van der Waals surface area contributed by atoms with Gasteiger partial charge in [0.25, 0.3) is 0 Å². The van der Waals surface area contributed by atoms with Gasteiger partial charge in [-0.25, -0.2) is 4.79 Å². The fraction of sp³-hybridized carbons (Fsp3) is 0.462. The fourth-order valence-corrected chi connectivity index (χ4v) is 1.79. The van der Waals surface area contributed by atoms with E-state index in [0.29, 0.717) is 5.69 Å². The largest absolute Gasteiger partial charge is 0.478 e. The maximum absolute atomic E-state index is 10.8. The third-order valence-electron chi connectivity index (χ3n) is 2.84. The number of nitrogen functional groups attached to an aromatic ring is 1. The Morgan fingerprint density at radius 1 is 1.33 bits per heavy atom. The van der Waals surface area contributed by atoms with Gasteiger partial charge >= 0.3 is 5.97 Å². The molecule has 0 amide bonds. The quantitative estimate of drug-likeness (QED) is 0.506. The van der Waals surface area contributed by atoms with Crippen LogP contribution in [0.2, 0.25) is 0 Å². The average Bonchev–Trinajstić information content (AvgIpc) is 2.34. The summed E-state index contributed by atoms with van der Waals surface area (Å²) >= 11 is 0. The van der Waals surface area contributed by atoms with Crippen molar-refractivity contribution < 1.29 is 15.0 Å². The number of aliphatic hydroxyl groups is 1. The van der Waals surface area contributed by atoms with Crippen LogP contribution < -0.4 is 10.6 Å². The molecule has 0 radical (unpaired) electrons. The summed E-state index contributed by atoms with van der Waals surface area (Å²) in [5, 5.41) is 17.5. The van der Waals surface area contributed by atoms with E-state index in [-0.39, 0.29) is 12.2 Å². The molecule has 18 heavy (non-hydrogen) atoms. The van der Waals surface area contributed by atoms with Crippen LogP contribution in [0.15, 0.2) is 18.2 Å². The van der Waals surface area contributed by atoms with Crippen LogP contribution in [0, 0.1) is 0 Å². The lowest BCUT2D eigenvalue weighted by molar-refractivity contribution is 0.0697. The van der Waals surface area contributed by atoms with Crippen LogP contribution in [-0.4, -0.2) is 36.4 Å².